The predicted molar refractivity (Wildman–Crippen MR) is 126 cm³/mol. The Labute approximate surface area is 191 Å². The van der Waals surface area contributed by atoms with Crippen LogP contribution in [-0.4, -0.2) is 17.0 Å². The molecular formula is C25H29N3O3S. The van der Waals surface area contributed by atoms with Crippen molar-refractivity contribution < 1.29 is 14.7 Å². The Kier molecular flexibility index (Phi) is 5.42. The summed E-state index contributed by atoms with van der Waals surface area (Å²) in [4.78, 5) is 25.2. The molecule has 1 saturated heterocycles. The number of benzene rings is 2. The summed E-state index contributed by atoms with van der Waals surface area (Å²) in [6.45, 7) is 3.47. The van der Waals surface area contributed by atoms with Gasteiger partial charge in [-0.25, -0.2) is 4.79 Å². The molecule has 1 fully saturated rings. The van der Waals surface area contributed by atoms with Crippen molar-refractivity contribution in [3.05, 3.63) is 63.7 Å². The van der Waals surface area contributed by atoms with E-state index in [1.165, 1.54) is 22.3 Å². The molecule has 1 heterocycles. The highest BCUT2D eigenvalue weighted by Crippen LogP contribution is 2.39. The van der Waals surface area contributed by atoms with Gasteiger partial charge in [0, 0.05) is 23.0 Å². The van der Waals surface area contributed by atoms with Crippen molar-refractivity contribution in [3.8, 4) is 0 Å². The van der Waals surface area contributed by atoms with E-state index in [4.69, 9.17) is 0 Å². The van der Waals surface area contributed by atoms with Gasteiger partial charge >= 0.3 is 6.03 Å². The van der Waals surface area contributed by atoms with Crippen LogP contribution in [0.5, 0.6) is 0 Å². The summed E-state index contributed by atoms with van der Waals surface area (Å²) in [7, 11) is -0.950. The van der Waals surface area contributed by atoms with Crippen LogP contribution >= 0.6 is 0 Å². The van der Waals surface area contributed by atoms with Crippen LogP contribution in [0.1, 0.15) is 71.7 Å². The van der Waals surface area contributed by atoms with Gasteiger partial charge in [0.15, 0.2) is 0 Å². The molecule has 0 spiro atoms. The SMILES string of the molecule is CC(C)(O)c1cccc(C2CC(=O)N/S2=N\C(=O)Nc2c3c(cc4c2CCC4)CCC3)c1. The fourth-order valence-electron chi connectivity index (χ4n) is 5.12. The van der Waals surface area contributed by atoms with Crippen LogP contribution < -0.4 is 10.0 Å². The van der Waals surface area contributed by atoms with Crippen molar-refractivity contribution >= 4 is 28.5 Å². The number of nitrogens with zero attached hydrogens (tertiary/aromatic N) is 1. The molecule has 0 bridgehead atoms. The zero-order valence-electron chi connectivity index (χ0n) is 18.5. The molecule has 3 amide bonds. The number of carbonyl (C=O) groups excluding carboxylic acids is 2. The first-order valence-electron chi connectivity index (χ1n) is 11.3. The minimum Gasteiger partial charge on any atom is -0.386 e. The number of carbonyl (C=O) groups is 2. The molecule has 2 aromatic carbocycles. The molecule has 2 aromatic rings. The predicted octanol–water partition coefficient (Wildman–Crippen LogP) is 4.40. The van der Waals surface area contributed by atoms with E-state index >= 15 is 0 Å². The van der Waals surface area contributed by atoms with E-state index in [0.717, 1.165) is 55.3 Å². The number of amides is 3. The molecule has 2 unspecified atom stereocenters. The first-order chi connectivity index (χ1) is 15.3. The fourth-order valence-corrected chi connectivity index (χ4v) is 6.69. The lowest BCUT2D eigenvalue weighted by Crippen LogP contribution is -2.20. The third kappa shape index (κ3) is 3.99. The largest absolute Gasteiger partial charge is 0.386 e. The maximum absolute atomic E-state index is 13.0. The number of anilines is 1. The molecular weight excluding hydrogens is 422 g/mol. The summed E-state index contributed by atoms with van der Waals surface area (Å²) in [5.41, 5.74) is 6.92. The number of fused-ring (bicyclic) bond motifs is 2. The summed E-state index contributed by atoms with van der Waals surface area (Å²) >= 11 is 0. The Morgan fingerprint density at radius 2 is 1.81 bits per heavy atom. The first kappa shape index (κ1) is 21.3. The number of aliphatic hydroxyl groups is 1. The second kappa shape index (κ2) is 8.12. The first-order valence-corrected chi connectivity index (χ1v) is 12.6. The van der Waals surface area contributed by atoms with Gasteiger partial charge < -0.3 is 10.4 Å². The molecule has 168 valence electrons. The summed E-state index contributed by atoms with van der Waals surface area (Å²) in [5.74, 6) is -0.106. The fraction of sp³-hybridized carbons (Fsp3) is 0.440. The number of aryl methyl sites for hydroxylation is 2. The van der Waals surface area contributed by atoms with Gasteiger partial charge in [-0.3, -0.25) is 9.52 Å². The van der Waals surface area contributed by atoms with Gasteiger partial charge in [0.25, 0.3) is 0 Å². The lowest BCUT2D eigenvalue weighted by atomic mass is 9.95. The minimum atomic E-state index is -0.979. The zero-order valence-corrected chi connectivity index (χ0v) is 19.3. The average Bonchev–Trinajstić information content (AvgIpc) is 3.47. The van der Waals surface area contributed by atoms with E-state index in [-0.39, 0.29) is 17.6 Å². The van der Waals surface area contributed by atoms with Crippen LogP contribution in [0.4, 0.5) is 10.5 Å². The normalized spacial score (nSPS) is 22.0. The van der Waals surface area contributed by atoms with Crippen LogP contribution in [0.25, 0.3) is 0 Å². The van der Waals surface area contributed by atoms with Gasteiger partial charge in [0.2, 0.25) is 5.91 Å². The van der Waals surface area contributed by atoms with Crippen molar-refractivity contribution in [2.45, 2.75) is 69.6 Å². The molecule has 2 atom stereocenters. The van der Waals surface area contributed by atoms with E-state index in [2.05, 4.69) is 20.5 Å². The Balaban J connectivity index is 1.44. The van der Waals surface area contributed by atoms with Crippen molar-refractivity contribution in [3.63, 3.8) is 0 Å². The second-order valence-electron chi connectivity index (χ2n) is 9.47. The number of rotatable bonds is 3. The monoisotopic (exact) mass is 451 g/mol. The Bertz CT molecular complexity index is 1120. The quantitative estimate of drug-likeness (QED) is 0.646. The highest BCUT2D eigenvalue weighted by Gasteiger charge is 2.31. The van der Waals surface area contributed by atoms with Crippen LogP contribution in [0.15, 0.2) is 34.7 Å². The van der Waals surface area contributed by atoms with E-state index in [1.807, 2.05) is 24.3 Å². The van der Waals surface area contributed by atoms with Crippen molar-refractivity contribution in [1.82, 2.24) is 4.72 Å². The molecule has 5 rings (SSSR count). The average molecular weight is 452 g/mol. The van der Waals surface area contributed by atoms with Crippen molar-refractivity contribution in [2.75, 3.05) is 5.32 Å². The van der Waals surface area contributed by atoms with Gasteiger partial charge in [-0.05, 0) is 85.8 Å². The maximum Gasteiger partial charge on any atom is 0.353 e. The minimum absolute atomic E-state index is 0.106. The second-order valence-corrected chi connectivity index (χ2v) is 11.1. The van der Waals surface area contributed by atoms with E-state index in [9.17, 15) is 14.7 Å². The summed E-state index contributed by atoms with van der Waals surface area (Å²) in [5, 5.41) is 13.3. The lowest BCUT2D eigenvalue weighted by molar-refractivity contribution is -0.118. The zero-order chi connectivity index (χ0) is 22.5. The molecule has 0 radical (unpaired) electrons. The highest BCUT2D eigenvalue weighted by atomic mass is 32.2. The highest BCUT2D eigenvalue weighted by molar-refractivity contribution is 7.87. The Hall–Kier alpha value is -2.51. The smallest absolute Gasteiger partial charge is 0.353 e. The lowest BCUT2D eigenvalue weighted by Gasteiger charge is -2.20. The third-order valence-electron chi connectivity index (χ3n) is 6.71. The molecule has 0 aromatic heterocycles. The number of urea groups is 1. The van der Waals surface area contributed by atoms with Crippen molar-refractivity contribution in [2.24, 2.45) is 4.36 Å². The molecule has 3 aliphatic rings. The number of hydrogen-bond acceptors (Lipinski definition) is 3. The Morgan fingerprint density at radius 1 is 1.12 bits per heavy atom. The maximum atomic E-state index is 13.0. The molecule has 1 aliphatic heterocycles. The van der Waals surface area contributed by atoms with Gasteiger partial charge in [-0.2, -0.15) is 4.36 Å². The van der Waals surface area contributed by atoms with Crippen molar-refractivity contribution in [1.29, 1.82) is 0 Å². The van der Waals surface area contributed by atoms with Crippen LogP contribution in [0.2, 0.25) is 0 Å². The van der Waals surface area contributed by atoms with E-state index < -0.39 is 22.5 Å². The molecule has 0 saturated carbocycles. The standard InChI is InChI=1S/C25H29N3O3S/c1-25(2,31)18-9-3-8-17(13-18)21-14-22(29)27-32(21)28-24(30)26-23-19-10-4-6-15(19)12-16-7-5-11-20(16)23/h3,8-9,12-13,21,31H,4-7,10-11,14H2,1-2H3,(H2,26,27,28,29,30). The Morgan fingerprint density at radius 3 is 2.47 bits per heavy atom. The summed E-state index contributed by atoms with van der Waals surface area (Å²) in [6, 6.07) is 9.53. The van der Waals surface area contributed by atoms with Crippen LogP contribution in [0.3, 0.4) is 0 Å². The van der Waals surface area contributed by atoms with E-state index in [1.54, 1.807) is 13.8 Å². The molecule has 6 nitrogen and oxygen atoms in total. The summed E-state index contributed by atoms with van der Waals surface area (Å²) in [6.07, 6.45) is 6.66. The van der Waals surface area contributed by atoms with Gasteiger partial charge in [-0.1, -0.05) is 30.3 Å². The number of hydrogen-bond donors (Lipinski definition) is 3. The number of nitrogens with one attached hydrogen (secondary N) is 2. The third-order valence-corrected chi connectivity index (χ3v) is 8.49. The van der Waals surface area contributed by atoms with Crippen LogP contribution in [-0.2, 0) is 47.0 Å². The van der Waals surface area contributed by atoms with E-state index in [0.29, 0.717) is 0 Å². The topological polar surface area (TPSA) is 90.8 Å². The van der Waals surface area contributed by atoms with Crippen LogP contribution in [0, 0.1) is 0 Å². The van der Waals surface area contributed by atoms with Gasteiger partial charge in [-0.15, -0.1) is 0 Å². The summed E-state index contributed by atoms with van der Waals surface area (Å²) < 4.78 is 7.29. The molecule has 7 heteroatoms. The van der Waals surface area contributed by atoms with Gasteiger partial charge in [0.1, 0.15) is 0 Å². The molecule has 3 N–H and O–H groups in total. The molecule has 2 aliphatic carbocycles. The molecule has 32 heavy (non-hydrogen) atoms. The van der Waals surface area contributed by atoms with Gasteiger partial charge in [0.05, 0.1) is 10.9 Å².